The van der Waals surface area contributed by atoms with E-state index in [0.717, 1.165) is 6.07 Å². The number of hydrogen-bond donors (Lipinski definition) is 7. The summed E-state index contributed by atoms with van der Waals surface area (Å²) in [6.45, 7) is 3.03. The first-order valence-electron chi connectivity index (χ1n) is 12.6. The Bertz CT molecular complexity index is 1410. The summed E-state index contributed by atoms with van der Waals surface area (Å²) in [5, 5.41) is 70.5. The average molecular weight is 563 g/mol. The number of phenols is 1. The van der Waals surface area contributed by atoms with Crippen LogP contribution in [0.5, 0.6) is 17.2 Å². The molecule has 3 aromatic rings. The Kier molecular flexibility index (Phi) is 7.74. The van der Waals surface area contributed by atoms with Gasteiger partial charge in [-0.1, -0.05) is 12.1 Å². The van der Waals surface area contributed by atoms with Gasteiger partial charge < -0.3 is 59.1 Å². The first-order chi connectivity index (χ1) is 19.0. The third kappa shape index (κ3) is 5.13. The molecule has 0 amide bonds. The molecule has 1 aromatic heterocycles. The average Bonchev–Trinajstić information content (AvgIpc) is 2.93. The number of ether oxygens (including phenoxy) is 4. The second-order valence-electron chi connectivity index (χ2n) is 9.92. The van der Waals surface area contributed by atoms with Crippen molar-refractivity contribution in [2.45, 2.75) is 75.3 Å². The van der Waals surface area contributed by atoms with E-state index in [4.69, 9.17) is 23.4 Å². The number of aliphatic hydroxyl groups excluding tert-OH is 6. The van der Waals surface area contributed by atoms with Crippen LogP contribution in [0, 0.1) is 0 Å². The molecule has 2 saturated heterocycles. The molecular weight excluding hydrogens is 532 g/mol. The van der Waals surface area contributed by atoms with Gasteiger partial charge in [-0.25, -0.2) is 0 Å². The summed E-state index contributed by atoms with van der Waals surface area (Å²) >= 11 is 0. The van der Waals surface area contributed by atoms with Crippen molar-refractivity contribution in [3.05, 3.63) is 52.9 Å². The fourth-order valence-electron chi connectivity index (χ4n) is 4.68. The van der Waals surface area contributed by atoms with Crippen molar-refractivity contribution in [2.24, 2.45) is 0 Å². The van der Waals surface area contributed by atoms with Crippen molar-refractivity contribution in [1.82, 2.24) is 0 Å². The van der Waals surface area contributed by atoms with Gasteiger partial charge in [0.1, 0.15) is 71.1 Å². The molecule has 2 aromatic carbocycles. The molecule has 0 bridgehead atoms. The van der Waals surface area contributed by atoms with Gasteiger partial charge in [-0.15, -0.1) is 0 Å². The highest BCUT2D eigenvalue weighted by atomic mass is 16.7. The third-order valence-corrected chi connectivity index (χ3v) is 7.12. The maximum absolute atomic E-state index is 13.3. The lowest BCUT2D eigenvalue weighted by Crippen LogP contribution is -2.58. The Hall–Kier alpha value is -3.27. The van der Waals surface area contributed by atoms with E-state index in [-0.39, 0.29) is 28.0 Å². The lowest BCUT2D eigenvalue weighted by molar-refractivity contribution is -0.268. The molecule has 2 aliphatic rings. The van der Waals surface area contributed by atoms with Crippen molar-refractivity contribution in [3.63, 3.8) is 0 Å². The maximum Gasteiger partial charge on any atom is 0.229 e. The van der Waals surface area contributed by atoms with E-state index >= 15 is 0 Å². The molecule has 0 unspecified atom stereocenters. The molecule has 13 heteroatoms. The van der Waals surface area contributed by atoms with Gasteiger partial charge in [0.25, 0.3) is 0 Å². The SMILES string of the molecule is C[C@@H]1O[C@@H](Oc2ccc(-c3coc4cc(O[C@@H]5O[C@@H](C)[C@H](O)[C@@H](O)[C@H]5O)cc(O)c4c3=O)cc2)[C@H](O)[C@H](O)[C@H]1O. The van der Waals surface area contributed by atoms with E-state index in [1.807, 2.05) is 0 Å². The number of hydrogen-bond acceptors (Lipinski definition) is 13. The zero-order valence-corrected chi connectivity index (χ0v) is 21.4. The molecular formula is C27H30O13. The van der Waals surface area contributed by atoms with Crippen LogP contribution in [0.3, 0.4) is 0 Å². The van der Waals surface area contributed by atoms with Crippen LogP contribution in [-0.2, 0) is 9.47 Å². The van der Waals surface area contributed by atoms with Gasteiger partial charge >= 0.3 is 0 Å². The zero-order chi connectivity index (χ0) is 28.9. The summed E-state index contributed by atoms with van der Waals surface area (Å²) in [5.74, 6) is -0.209. The van der Waals surface area contributed by atoms with Crippen LogP contribution in [0.1, 0.15) is 13.8 Å². The Morgan fingerprint density at radius 3 is 1.77 bits per heavy atom. The minimum absolute atomic E-state index is 0.0127. The van der Waals surface area contributed by atoms with Crippen LogP contribution in [0.2, 0.25) is 0 Å². The van der Waals surface area contributed by atoms with Gasteiger partial charge in [0.2, 0.25) is 18.0 Å². The molecule has 0 spiro atoms. The van der Waals surface area contributed by atoms with Gasteiger partial charge in [-0.2, -0.15) is 0 Å². The molecule has 7 N–H and O–H groups in total. The monoisotopic (exact) mass is 562 g/mol. The smallest absolute Gasteiger partial charge is 0.229 e. The molecule has 10 atom stereocenters. The molecule has 216 valence electrons. The Balaban J connectivity index is 1.35. The van der Waals surface area contributed by atoms with Crippen LogP contribution >= 0.6 is 0 Å². The topological polar surface area (TPSA) is 209 Å². The Morgan fingerprint density at radius 2 is 1.23 bits per heavy atom. The normalized spacial score (nSPS) is 34.5. The highest BCUT2D eigenvalue weighted by Gasteiger charge is 2.44. The van der Waals surface area contributed by atoms with Gasteiger partial charge in [-0.05, 0) is 31.5 Å². The second kappa shape index (κ2) is 11.0. The van der Waals surface area contributed by atoms with Crippen LogP contribution < -0.4 is 14.9 Å². The quantitative estimate of drug-likeness (QED) is 0.211. The van der Waals surface area contributed by atoms with Crippen molar-refractivity contribution in [2.75, 3.05) is 0 Å². The summed E-state index contributed by atoms with van der Waals surface area (Å²) in [6, 6.07) is 8.58. The largest absolute Gasteiger partial charge is 0.507 e. The summed E-state index contributed by atoms with van der Waals surface area (Å²) in [7, 11) is 0. The van der Waals surface area contributed by atoms with E-state index < -0.39 is 72.6 Å². The number of aliphatic hydroxyl groups is 6. The van der Waals surface area contributed by atoms with Crippen LogP contribution in [0.25, 0.3) is 22.1 Å². The van der Waals surface area contributed by atoms with Crippen molar-refractivity contribution in [3.8, 4) is 28.4 Å². The van der Waals surface area contributed by atoms with Crippen LogP contribution in [-0.4, -0.2) is 97.2 Å². The zero-order valence-electron chi connectivity index (χ0n) is 21.4. The summed E-state index contributed by atoms with van der Waals surface area (Å²) in [4.78, 5) is 13.3. The summed E-state index contributed by atoms with van der Waals surface area (Å²) in [6.07, 6.45) is -11.6. The van der Waals surface area contributed by atoms with Crippen molar-refractivity contribution < 1.29 is 59.1 Å². The standard InChI is InChI=1S/C27H30O13/c1-10-19(29)22(32)24(34)26(37-10)39-13-5-3-12(4-6-13)15-9-36-17-8-14(7-16(28)18(17)21(15)31)40-27-25(35)23(33)20(30)11(2)38-27/h3-11,19-20,22-30,32-35H,1-2H3/t10-,11-,19-,20-,22+,23+,24+,25+,26-,27-/m0/s1. The third-order valence-electron chi connectivity index (χ3n) is 7.12. The van der Waals surface area contributed by atoms with E-state index in [1.165, 1.54) is 38.3 Å². The fourth-order valence-corrected chi connectivity index (χ4v) is 4.68. The number of fused-ring (bicyclic) bond motifs is 1. The maximum atomic E-state index is 13.3. The molecule has 0 aliphatic carbocycles. The predicted molar refractivity (Wildman–Crippen MR) is 136 cm³/mol. The first-order valence-corrected chi connectivity index (χ1v) is 12.6. The van der Waals surface area contributed by atoms with Crippen molar-refractivity contribution >= 4 is 11.0 Å². The number of rotatable bonds is 5. The lowest BCUT2D eigenvalue weighted by atomic mass is 10.00. The molecule has 3 heterocycles. The number of phenolic OH excluding ortho intramolecular Hbond substituents is 1. The van der Waals surface area contributed by atoms with E-state index in [2.05, 4.69) is 0 Å². The van der Waals surface area contributed by atoms with Gasteiger partial charge in [0.05, 0.1) is 17.8 Å². The highest BCUT2D eigenvalue weighted by molar-refractivity contribution is 5.88. The minimum atomic E-state index is -1.57. The Labute approximate surface area is 227 Å². The molecule has 13 nitrogen and oxygen atoms in total. The molecule has 5 rings (SSSR count). The van der Waals surface area contributed by atoms with Crippen molar-refractivity contribution in [1.29, 1.82) is 0 Å². The van der Waals surface area contributed by atoms with Gasteiger partial charge in [0, 0.05) is 12.1 Å². The highest BCUT2D eigenvalue weighted by Crippen LogP contribution is 2.33. The second-order valence-corrected chi connectivity index (χ2v) is 9.92. The molecule has 40 heavy (non-hydrogen) atoms. The van der Waals surface area contributed by atoms with Gasteiger partial charge in [0.15, 0.2) is 0 Å². The van der Waals surface area contributed by atoms with Gasteiger partial charge in [-0.3, -0.25) is 4.79 Å². The van der Waals surface area contributed by atoms with Crippen LogP contribution in [0.4, 0.5) is 0 Å². The molecule has 0 saturated carbocycles. The molecule has 2 fully saturated rings. The first kappa shape index (κ1) is 28.3. The molecule has 0 radical (unpaired) electrons. The van der Waals surface area contributed by atoms with Crippen LogP contribution in [0.15, 0.2) is 51.9 Å². The lowest BCUT2D eigenvalue weighted by Gasteiger charge is -2.38. The fraction of sp³-hybridized carbons (Fsp3) is 0.444. The number of benzene rings is 2. The predicted octanol–water partition coefficient (Wildman–Crippen LogP) is -0.422. The van der Waals surface area contributed by atoms with E-state index in [1.54, 1.807) is 12.1 Å². The summed E-state index contributed by atoms with van der Waals surface area (Å²) < 4.78 is 27.6. The van der Waals surface area contributed by atoms with E-state index in [9.17, 15) is 40.5 Å². The minimum Gasteiger partial charge on any atom is -0.507 e. The van der Waals surface area contributed by atoms with E-state index in [0.29, 0.717) is 5.56 Å². The Morgan fingerprint density at radius 1 is 0.700 bits per heavy atom. The molecule has 2 aliphatic heterocycles. The number of aromatic hydroxyl groups is 1. The summed E-state index contributed by atoms with van der Waals surface area (Å²) in [5.41, 5.74) is -0.00368.